The Balaban J connectivity index is 1.35. The van der Waals surface area contributed by atoms with Gasteiger partial charge in [-0.05, 0) is 74.0 Å². The van der Waals surface area contributed by atoms with Gasteiger partial charge >= 0.3 is 0 Å². The van der Waals surface area contributed by atoms with Crippen LogP contribution >= 0.6 is 0 Å². The van der Waals surface area contributed by atoms with Crippen LogP contribution in [-0.2, 0) is 0 Å². The molecule has 2 fully saturated rings. The number of allylic oxidation sites excluding steroid dienone is 8. The molecule has 0 radical (unpaired) electrons. The Morgan fingerprint density at radius 1 is 0.550 bits per heavy atom. The fraction of sp³-hybridized carbons (Fsp3) is 0.600. The molecule has 0 aromatic rings. The monoisotopic (exact) mass is 266 g/mol. The largest absolute Gasteiger partial charge is 0.0808 e. The molecule has 6 atom stereocenters. The number of hydrogen-bond donors (Lipinski definition) is 0. The lowest BCUT2D eigenvalue weighted by Crippen LogP contribution is -2.17. The van der Waals surface area contributed by atoms with E-state index in [2.05, 4.69) is 48.6 Å². The summed E-state index contributed by atoms with van der Waals surface area (Å²) in [6, 6.07) is 0. The molecule has 0 amide bonds. The highest BCUT2D eigenvalue weighted by molar-refractivity contribution is 5.18. The van der Waals surface area contributed by atoms with E-state index < -0.39 is 0 Å². The lowest BCUT2D eigenvalue weighted by Gasteiger charge is -2.26. The second-order valence-corrected chi connectivity index (χ2v) is 7.27. The van der Waals surface area contributed by atoms with Crippen LogP contribution in [0.15, 0.2) is 48.6 Å². The van der Waals surface area contributed by atoms with Gasteiger partial charge in [0.25, 0.3) is 0 Å². The molecule has 0 heteroatoms. The van der Waals surface area contributed by atoms with E-state index in [4.69, 9.17) is 0 Å². The van der Waals surface area contributed by atoms with Crippen molar-refractivity contribution in [3.05, 3.63) is 48.6 Å². The molecule has 0 aromatic carbocycles. The van der Waals surface area contributed by atoms with Gasteiger partial charge in [0.1, 0.15) is 0 Å². The lowest BCUT2D eigenvalue weighted by atomic mass is 9.79. The van der Waals surface area contributed by atoms with Crippen molar-refractivity contribution in [1.29, 1.82) is 0 Å². The van der Waals surface area contributed by atoms with E-state index in [1.165, 1.54) is 38.5 Å². The van der Waals surface area contributed by atoms with E-state index >= 15 is 0 Å². The first-order chi connectivity index (χ1) is 9.92. The molecule has 2 saturated carbocycles. The van der Waals surface area contributed by atoms with Crippen molar-refractivity contribution < 1.29 is 0 Å². The zero-order chi connectivity index (χ0) is 13.4. The Morgan fingerprint density at radius 2 is 1.00 bits per heavy atom. The fourth-order valence-corrected chi connectivity index (χ4v) is 5.23. The molecule has 20 heavy (non-hydrogen) atoms. The third-order valence-electron chi connectivity index (χ3n) is 6.33. The number of rotatable bonds is 3. The maximum Gasteiger partial charge on any atom is -0.0139 e. The Morgan fingerprint density at radius 3 is 1.50 bits per heavy atom. The van der Waals surface area contributed by atoms with Crippen molar-refractivity contribution >= 4 is 0 Å². The quantitative estimate of drug-likeness (QED) is 0.650. The molecule has 0 saturated heterocycles. The van der Waals surface area contributed by atoms with Gasteiger partial charge in [0.2, 0.25) is 0 Å². The highest BCUT2D eigenvalue weighted by Gasteiger charge is 2.37. The van der Waals surface area contributed by atoms with Gasteiger partial charge < -0.3 is 0 Å². The molecule has 4 aliphatic carbocycles. The van der Waals surface area contributed by atoms with Crippen molar-refractivity contribution in [2.45, 2.75) is 38.5 Å². The predicted molar refractivity (Wildman–Crippen MR) is 85.2 cm³/mol. The summed E-state index contributed by atoms with van der Waals surface area (Å²) in [5.41, 5.74) is 0. The zero-order valence-corrected chi connectivity index (χ0v) is 12.3. The summed E-state index contributed by atoms with van der Waals surface area (Å²) in [6.07, 6.45) is 27.6. The minimum Gasteiger partial charge on any atom is -0.0808 e. The maximum absolute atomic E-state index is 2.49. The van der Waals surface area contributed by atoms with Gasteiger partial charge in [-0.1, -0.05) is 48.6 Å². The van der Waals surface area contributed by atoms with Crippen molar-refractivity contribution in [2.75, 3.05) is 0 Å². The topological polar surface area (TPSA) is 0 Å². The summed E-state index contributed by atoms with van der Waals surface area (Å²) >= 11 is 0. The highest BCUT2D eigenvalue weighted by atomic mass is 14.4. The molecular weight excluding hydrogens is 240 g/mol. The third-order valence-corrected chi connectivity index (χ3v) is 6.33. The van der Waals surface area contributed by atoms with Gasteiger partial charge in [-0.15, -0.1) is 0 Å². The first-order valence-electron chi connectivity index (χ1n) is 8.62. The molecule has 0 N–H and O–H groups in total. The van der Waals surface area contributed by atoms with Gasteiger partial charge in [-0.3, -0.25) is 0 Å². The van der Waals surface area contributed by atoms with E-state index in [-0.39, 0.29) is 0 Å². The molecule has 0 bridgehead atoms. The van der Waals surface area contributed by atoms with Crippen LogP contribution in [0.1, 0.15) is 38.5 Å². The van der Waals surface area contributed by atoms with Crippen LogP contribution in [-0.4, -0.2) is 0 Å². The van der Waals surface area contributed by atoms with Crippen LogP contribution in [0.3, 0.4) is 0 Å². The van der Waals surface area contributed by atoms with Gasteiger partial charge in [0, 0.05) is 0 Å². The second kappa shape index (κ2) is 5.39. The Labute approximate surface area is 123 Å². The Bertz CT molecular complexity index is 420. The highest BCUT2D eigenvalue weighted by Crippen LogP contribution is 2.47. The van der Waals surface area contributed by atoms with Crippen LogP contribution in [0.2, 0.25) is 0 Å². The maximum atomic E-state index is 2.49. The summed E-state index contributed by atoms with van der Waals surface area (Å²) in [6.45, 7) is 0. The molecule has 0 heterocycles. The summed E-state index contributed by atoms with van der Waals surface area (Å²) in [5, 5.41) is 0. The fourth-order valence-electron chi connectivity index (χ4n) is 5.23. The molecule has 0 aliphatic heterocycles. The van der Waals surface area contributed by atoms with E-state index in [0.717, 1.165) is 35.5 Å². The van der Waals surface area contributed by atoms with Crippen LogP contribution in [0, 0.1) is 35.5 Å². The Hall–Kier alpha value is -1.04. The third kappa shape index (κ3) is 2.24. The first kappa shape index (κ1) is 12.7. The van der Waals surface area contributed by atoms with Gasteiger partial charge in [0.15, 0.2) is 0 Å². The van der Waals surface area contributed by atoms with Crippen LogP contribution in [0.4, 0.5) is 0 Å². The van der Waals surface area contributed by atoms with Crippen LogP contribution < -0.4 is 0 Å². The van der Waals surface area contributed by atoms with E-state index in [9.17, 15) is 0 Å². The first-order valence-corrected chi connectivity index (χ1v) is 8.62. The molecule has 0 nitrogen and oxygen atoms in total. The van der Waals surface area contributed by atoms with Crippen LogP contribution in [0.25, 0.3) is 0 Å². The van der Waals surface area contributed by atoms with E-state index in [1.807, 2.05) is 0 Å². The minimum atomic E-state index is 0.860. The molecular formula is C20H26. The molecule has 0 aromatic heterocycles. The molecule has 4 rings (SSSR count). The summed E-state index contributed by atoms with van der Waals surface area (Å²) in [5.74, 6) is 5.36. The molecule has 4 aliphatic rings. The molecule has 106 valence electrons. The van der Waals surface area contributed by atoms with Gasteiger partial charge in [0.05, 0.1) is 0 Å². The zero-order valence-electron chi connectivity index (χ0n) is 12.3. The summed E-state index contributed by atoms with van der Waals surface area (Å²) in [4.78, 5) is 0. The smallest absolute Gasteiger partial charge is 0.0139 e. The molecule has 0 spiro atoms. The predicted octanol–water partition coefficient (Wildman–Crippen LogP) is 5.30. The molecule has 4 unspecified atom stereocenters. The number of fused-ring (bicyclic) bond motifs is 2. The second-order valence-electron chi connectivity index (χ2n) is 7.27. The normalized spacial score (nSPS) is 44.8. The van der Waals surface area contributed by atoms with E-state index in [1.54, 1.807) is 0 Å². The SMILES string of the molecule is C1=CC2C(CCC3CC[C@@H]4C=CC=CC34)CC[C@@H]2C=C1. The van der Waals surface area contributed by atoms with Crippen LogP contribution in [0.5, 0.6) is 0 Å². The van der Waals surface area contributed by atoms with Gasteiger partial charge in [-0.25, -0.2) is 0 Å². The van der Waals surface area contributed by atoms with Gasteiger partial charge in [-0.2, -0.15) is 0 Å². The van der Waals surface area contributed by atoms with Crippen molar-refractivity contribution in [1.82, 2.24) is 0 Å². The number of hydrogen-bond acceptors (Lipinski definition) is 0. The van der Waals surface area contributed by atoms with Crippen molar-refractivity contribution in [3.63, 3.8) is 0 Å². The summed E-state index contributed by atoms with van der Waals surface area (Å²) in [7, 11) is 0. The lowest BCUT2D eigenvalue weighted by molar-refractivity contribution is 0.316. The van der Waals surface area contributed by atoms with E-state index in [0.29, 0.717) is 0 Å². The Kier molecular flexibility index (Phi) is 3.42. The summed E-state index contributed by atoms with van der Waals surface area (Å²) < 4.78 is 0. The average molecular weight is 266 g/mol. The average Bonchev–Trinajstić information content (AvgIpc) is 3.09. The van der Waals surface area contributed by atoms with Crippen molar-refractivity contribution in [2.24, 2.45) is 35.5 Å². The minimum absolute atomic E-state index is 0.860. The standard InChI is InChI=1S/C20H26/c1-3-7-19-15(5-1)9-11-17(19)13-14-18-12-10-16-6-2-4-8-20(16)18/h1-8,15-20H,9-14H2/t15-,16-,17?,18?,19?,20?/m0/s1. The van der Waals surface area contributed by atoms with Crippen molar-refractivity contribution in [3.8, 4) is 0 Å².